The minimum Gasteiger partial charge on any atom is -0.395 e. The predicted octanol–water partition coefficient (Wildman–Crippen LogP) is 4.98. The monoisotopic (exact) mass is 359 g/mol. The van der Waals surface area contributed by atoms with Crippen molar-refractivity contribution in [2.75, 3.05) is 6.61 Å². The Kier molecular flexibility index (Phi) is 6.44. The zero-order valence-corrected chi connectivity index (χ0v) is 16.2. The van der Waals surface area contributed by atoms with Gasteiger partial charge in [0.05, 0.1) is 12.1 Å². The Hall–Kier alpha value is -2.42. The lowest BCUT2D eigenvalue weighted by Crippen LogP contribution is -2.53. The molecule has 0 heterocycles. The first kappa shape index (κ1) is 19.3. The van der Waals surface area contributed by atoms with Gasteiger partial charge in [0.1, 0.15) is 0 Å². The molecule has 2 atom stereocenters. The highest BCUT2D eigenvalue weighted by Crippen LogP contribution is 2.37. The molecule has 0 aliphatic rings. The Balaban J connectivity index is 2.26. The molecule has 2 N–H and O–H groups in total. The van der Waals surface area contributed by atoms with Crippen molar-refractivity contribution in [3.8, 4) is 0 Å². The van der Waals surface area contributed by atoms with E-state index in [-0.39, 0.29) is 12.6 Å². The van der Waals surface area contributed by atoms with E-state index in [9.17, 15) is 5.11 Å². The fourth-order valence-electron chi connectivity index (χ4n) is 3.74. The van der Waals surface area contributed by atoms with Crippen molar-refractivity contribution in [1.82, 2.24) is 5.32 Å². The van der Waals surface area contributed by atoms with Crippen molar-refractivity contribution < 1.29 is 5.11 Å². The second-order valence-electron chi connectivity index (χ2n) is 7.17. The SMILES string of the molecule is CCC(C)C(CO)NC(c1ccccc1)(c1ccccc1)c1ccccc1. The van der Waals surface area contributed by atoms with E-state index in [2.05, 4.69) is 92.0 Å². The largest absolute Gasteiger partial charge is 0.395 e. The lowest BCUT2D eigenvalue weighted by molar-refractivity contribution is 0.181. The van der Waals surface area contributed by atoms with Crippen LogP contribution in [0.5, 0.6) is 0 Å². The quantitative estimate of drug-likeness (QED) is 0.556. The summed E-state index contributed by atoms with van der Waals surface area (Å²) in [4.78, 5) is 0. The summed E-state index contributed by atoms with van der Waals surface area (Å²) in [5.41, 5.74) is 2.98. The van der Waals surface area contributed by atoms with E-state index in [0.717, 1.165) is 6.42 Å². The van der Waals surface area contributed by atoms with E-state index < -0.39 is 5.54 Å². The van der Waals surface area contributed by atoms with Gasteiger partial charge in [0, 0.05) is 6.04 Å². The molecule has 0 spiro atoms. The van der Waals surface area contributed by atoms with Crippen LogP contribution in [0.25, 0.3) is 0 Å². The van der Waals surface area contributed by atoms with Gasteiger partial charge in [0.2, 0.25) is 0 Å². The van der Waals surface area contributed by atoms with Crippen LogP contribution >= 0.6 is 0 Å². The van der Waals surface area contributed by atoms with Crippen molar-refractivity contribution in [3.05, 3.63) is 108 Å². The molecule has 0 aliphatic carbocycles. The minimum absolute atomic E-state index is 0.0179. The molecule has 2 nitrogen and oxygen atoms in total. The highest BCUT2D eigenvalue weighted by atomic mass is 16.3. The van der Waals surface area contributed by atoms with Crippen LogP contribution in [0.4, 0.5) is 0 Å². The number of hydrogen-bond acceptors (Lipinski definition) is 2. The summed E-state index contributed by atoms with van der Waals surface area (Å²) < 4.78 is 0. The Labute approximate surface area is 162 Å². The summed E-state index contributed by atoms with van der Waals surface area (Å²) in [5, 5.41) is 14.0. The molecule has 0 fully saturated rings. The Morgan fingerprint density at radius 3 is 1.41 bits per heavy atom. The molecule has 3 aromatic carbocycles. The van der Waals surface area contributed by atoms with E-state index in [1.165, 1.54) is 16.7 Å². The Bertz CT molecular complexity index is 705. The maximum Gasteiger partial charge on any atom is 0.0950 e. The fraction of sp³-hybridized carbons (Fsp3) is 0.280. The van der Waals surface area contributed by atoms with Crippen molar-refractivity contribution in [1.29, 1.82) is 0 Å². The topological polar surface area (TPSA) is 32.3 Å². The number of rotatable bonds is 8. The first-order valence-electron chi connectivity index (χ1n) is 9.77. The highest BCUT2D eigenvalue weighted by molar-refractivity contribution is 5.49. The molecule has 0 saturated heterocycles. The molecule has 0 amide bonds. The summed E-state index contributed by atoms with van der Waals surface area (Å²) in [6.45, 7) is 4.47. The normalized spacial score (nSPS) is 13.9. The van der Waals surface area contributed by atoms with Crippen LogP contribution in [0, 0.1) is 5.92 Å². The molecule has 0 bridgehead atoms. The summed E-state index contributed by atoms with van der Waals surface area (Å²) >= 11 is 0. The Morgan fingerprint density at radius 2 is 1.11 bits per heavy atom. The van der Waals surface area contributed by atoms with Gasteiger partial charge in [-0.25, -0.2) is 0 Å². The number of aliphatic hydroxyl groups excluding tert-OH is 1. The Morgan fingerprint density at radius 1 is 0.741 bits per heavy atom. The third kappa shape index (κ3) is 3.97. The van der Waals surface area contributed by atoms with Gasteiger partial charge in [-0.3, -0.25) is 5.32 Å². The zero-order valence-electron chi connectivity index (χ0n) is 16.2. The van der Waals surface area contributed by atoms with Crippen LogP contribution in [-0.4, -0.2) is 17.8 Å². The summed E-state index contributed by atoms with van der Waals surface area (Å²) in [6, 6.07) is 31.6. The molecule has 27 heavy (non-hydrogen) atoms. The van der Waals surface area contributed by atoms with Gasteiger partial charge in [-0.1, -0.05) is 111 Å². The van der Waals surface area contributed by atoms with Gasteiger partial charge in [-0.15, -0.1) is 0 Å². The van der Waals surface area contributed by atoms with Crippen LogP contribution in [-0.2, 0) is 5.54 Å². The van der Waals surface area contributed by atoms with Gasteiger partial charge >= 0.3 is 0 Å². The van der Waals surface area contributed by atoms with E-state index in [4.69, 9.17) is 0 Å². The summed E-state index contributed by atoms with van der Waals surface area (Å²) in [7, 11) is 0. The van der Waals surface area contributed by atoms with Crippen molar-refractivity contribution in [2.45, 2.75) is 31.8 Å². The average Bonchev–Trinajstić information content (AvgIpc) is 2.76. The van der Waals surface area contributed by atoms with E-state index >= 15 is 0 Å². The first-order chi connectivity index (χ1) is 13.2. The third-order valence-electron chi connectivity index (χ3n) is 5.55. The molecular formula is C25H29NO. The second-order valence-corrected chi connectivity index (χ2v) is 7.17. The molecule has 0 radical (unpaired) electrons. The molecule has 2 unspecified atom stereocenters. The number of hydrogen-bond donors (Lipinski definition) is 2. The predicted molar refractivity (Wildman–Crippen MR) is 113 cm³/mol. The molecule has 140 valence electrons. The van der Waals surface area contributed by atoms with Gasteiger partial charge in [-0.2, -0.15) is 0 Å². The summed E-state index contributed by atoms with van der Waals surface area (Å²) in [6.07, 6.45) is 1.01. The first-order valence-corrected chi connectivity index (χ1v) is 9.77. The van der Waals surface area contributed by atoms with E-state index in [0.29, 0.717) is 5.92 Å². The number of benzene rings is 3. The van der Waals surface area contributed by atoms with Gasteiger partial charge in [0.15, 0.2) is 0 Å². The molecule has 0 aromatic heterocycles. The van der Waals surface area contributed by atoms with E-state index in [1.54, 1.807) is 0 Å². The lowest BCUT2D eigenvalue weighted by atomic mass is 9.76. The van der Waals surface area contributed by atoms with Crippen LogP contribution in [0.15, 0.2) is 91.0 Å². The standard InChI is InChI=1S/C25H29NO/c1-3-20(2)24(19-27)26-25(21-13-7-4-8-14-21,22-15-9-5-10-16-22)23-17-11-6-12-18-23/h4-18,20,24,26-27H,3,19H2,1-2H3. The highest BCUT2D eigenvalue weighted by Gasteiger charge is 2.38. The van der Waals surface area contributed by atoms with Crippen molar-refractivity contribution in [2.24, 2.45) is 5.92 Å². The van der Waals surface area contributed by atoms with Gasteiger partial charge in [0.25, 0.3) is 0 Å². The third-order valence-corrected chi connectivity index (χ3v) is 5.55. The van der Waals surface area contributed by atoms with Gasteiger partial charge in [-0.05, 0) is 22.6 Å². The number of nitrogens with one attached hydrogen (secondary N) is 1. The van der Waals surface area contributed by atoms with Crippen LogP contribution < -0.4 is 5.32 Å². The molecule has 0 saturated carbocycles. The zero-order chi connectivity index (χ0) is 19.1. The maximum atomic E-state index is 10.2. The molecular weight excluding hydrogens is 330 g/mol. The summed E-state index contributed by atoms with van der Waals surface area (Å²) in [5.74, 6) is 0.352. The molecule has 0 aliphatic heterocycles. The lowest BCUT2D eigenvalue weighted by Gasteiger charge is -2.41. The van der Waals surface area contributed by atoms with Crippen LogP contribution in [0.3, 0.4) is 0 Å². The second kappa shape index (κ2) is 8.98. The van der Waals surface area contributed by atoms with Crippen LogP contribution in [0.2, 0.25) is 0 Å². The smallest absolute Gasteiger partial charge is 0.0950 e. The minimum atomic E-state index is -0.527. The molecule has 3 rings (SSSR count). The molecule has 3 aromatic rings. The fourth-order valence-corrected chi connectivity index (χ4v) is 3.74. The van der Waals surface area contributed by atoms with Crippen molar-refractivity contribution in [3.63, 3.8) is 0 Å². The van der Waals surface area contributed by atoms with Crippen LogP contribution in [0.1, 0.15) is 37.0 Å². The average molecular weight is 360 g/mol. The number of aliphatic hydroxyl groups is 1. The maximum absolute atomic E-state index is 10.2. The molecule has 2 heteroatoms. The van der Waals surface area contributed by atoms with E-state index in [1.807, 2.05) is 18.2 Å². The van der Waals surface area contributed by atoms with Gasteiger partial charge < -0.3 is 5.11 Å². The van der Waals surface area contributed by atoms with Crippen molar-refractivity contribution >= 4 is 0 Å².